The number of rotatable bonds is 4. The van der Waals surface area contributed by atoms with Crippen LogP contribution in [0.25, 0.3) is 10.6 Å². The van der Waals surface area contributed by atoms with E-state index in [4.69, 9.17) is 0 Å². The van der Waals surface area contributed by atoms with Gasteiger partial charge in [0.15, 0.2) is 5.69 Å². The fourth-order valence-electron chi connectivity index (χ4n) is 1.96. The molecule has 0 atom stereocenters. The van der Waals surface area contributed by atoms with Crippen molar-refractivity contribution in [2.45, 2.75) is 6.92 Å². The van der Waals surface area contributed by atoms with E-state index in [1.807, 2.05) is 19.1 Å². The lowest BCUT2D eigenvalue weighted by atomic mass is 10.2. The Labute approximate surface area is 136 Å². The lowest BCUT2D eigenvalue weighted by molar-refractivity contribution is 0.0950. The van der Waals surface area contributed by atoms with E-state index in [9.17, 15) is 9.90 Å². The smallest absolute Gasteiger partial charge is 0.291 e. The number of phenolic OH excluding ortho intramolecular Hbond substituents is 1. The van der Waals surface area contributed by atoms with Crippen molar-refractivity contribution in [1.82, 2.24) is 15.6 Å². The number of H-pyrrole nitrogens is 1. The zero-order valence-electron chi connectivity index (χ0n) is 12.3. The number of carbonyl (C=O) groups is 1. The van der Waals surface area contributed by atoms with E-state index in [0.717, 1.165) is 10.6 Å². The highest BCUT2D eigenvalue weighted by molar-refractivity contribution is 7.15. The van der Waals surface area contributed by atoms with Crippen LogP contribution in [0, 0.1) is 6.92 Å². The Balaban J connectivity index is 1.67. The van der Waals surface area contributed by atoms with Gasteiger partial charge >= 0.3 is 0 Å². The zero-order chi connectivity index (χ0) is 16.2. The minimum atomic E-state index is -0.424. The topological polar surface area (TPSA) is 90.4 Å². The van der Waals surface area contributed by atoms with E-state index in [1.54, 1.807) is 41.7 Å². The van der Waals surface area contributed by atoms with Gasteiger partial charge in [0.1, 0.15) is 5.75 Å². The molecular weight excluding hydrogens is 312 g/mol. The summed E-state index contributed by atoms with van der Waals surface area (Å²) in [6.07, 6.45) is 1.38. The number of carbonyl (C=O) groups excluding carboxylic acids is 1. The quantitative estimate of drug-likeness (QED) is 0.508. The molecule has 7 heteroatoms. The van der Waals surface area contributed by atoms with Crippen molar-refractivity contribution in [2.24, 2.45) is 5.10 Å². The Morgan fingerprint density at radius 3 is 2.91 bits per heavy atom. The van der Waals surface area contributed by atoms with Gasteiger partial charge < -0.3 is 5.11 Å². The van der Waals surface area contributed by atoms with Gasteiger partial charge in [-0.15, -0.1) is 11.3 Å². The third kappa shape index (κ3) is 3.46. The van der Waals surface area contributed by atoms with Gasteiger partial charge in [-0.2, -0.15) is 10.2 Å². The highest BCUT2D eigenvalue weighted by Gasteiger charge is 2.11. The average Bonchev–Trinajstić information content (AvgIpc) is 3.18. The van der Waals surface area contributed by atoms with Gasteiger partial charge in [-0.1, -0.05) is 12.1 Å². The highest BCUT2D eigenvalue weighted by atomic mass is 32.1. The molecule has 3 aromatic rings. The molecule has 2 aromatic heterocycles. The molecule has 0 unspecified atom stereocenters. The van der Waals surface area contributed by atoms with Gasteiger partial charge in [0, 0.05) is 10.4 Å². The maximum Gasteiger partial charge on any atom is 0.291 e. The maximum atomic E-state index is 12.0. The van der Waals surface area contributed by atoms with Gasteiger partial charge in [0.25, 0.3) is 5.91 Å². The Morgan fingerprint density at radius 1 is 1.35 bits per heavy atom. The Kier molecular flexibility index (Phi) is 4.20. The first kappa shape index (κ1) is 15.0. The molecule has 0 spiro atoms. The summed E-state index contributed by atoms with van der Waals surface area (Å²) in [5, 5.41) is 20.3. The summed E-state index contributed by atoms with van der Waals surface area (Å²) in [5.74, 6) is -0.326. The fraction of sp³-hybridized carbons (Fsp3) is 0.0625. The van der Waals surface area contributed by atoms with E-state index in [-0.39, 0.29) is 11.4 Å². The predicted octanol–water partition coefficient (Wildman–Crippen LogP) is 2.92. The molecule has 3 rings (SSSR count). The van der Waals surface area contributed by atoms with Crippen LogP contribution in [-0.4, -0.2) is 27.4 Å². The second-order valence-electron chi connectivity index (χ2n) is 4.84. The van der Waals surface area contributed by atoms with Crippen molar-refractivity contribution in [2.75, 3.05) is 0 Å². The van der Waals surface area contributed by atoms with Gasteiger partial charge in [-0.3, -0.25) is 9.89 Å². The fourth-order valence-corrected chi connectivity index (χ4v) is 2.79. The van der Waals surface area contributed by atoms with Crippen molar-refractivity contribution >= 4 is 23.5 Å². The number of hydrogen-bond donors (Lipinski definition) is 3. The third-order valence-electron chi connectivity index (χ3n) is 3.12. The average molecular weight is 326 g/mol. The molecular formula is C16H14N4O2S. The normalized spacial score (nSPS) is 11.0. The van der Waals surface area contributed by atoms with Crippen molar-refractivity contribution in [1.29, 1.82) is 0 Å². The number of hydrazone groups is 1. The molecule has 0 aliphatic carbocycles. The van der Waals surface area contributed by atoms with Crippen molar-refractivity contribution in [3.63, 3.8) is 0 Å². The van der Waals surface area contributed by atoms with Crippen molar-refractivity contribution in [3.05, 3.63) is 58.6 Å². The lowest BCUT2D eigenvalue weighted by Crippen LogP contribution is -2.18. The molecule has 0 bridgehead atoms. The number of nitrogens with one attached hydrogen (secondary N) is 2. The van der Waals surface area contributed by atoms with Crippen LogP contribution >= 0.6 is 11.3 Å². The van der Waals surface area contributed by atoms with Crippen molar-refractivity contribution in [3.8, 4) is 16.3 Å². The number of aryl methyl sites for hydroxylation is 1. The van der Waals surface area contributed by atoms with Crippen LogP contribution in [0.4, 0.5) is 0 Å². The zero-order valence-corrected chi connectivity index (χ0v) is 13.1. The van der Waals surface area contributed by atoms with Gasteiger partial charge in [0.05, 0.1) is 16.8 Å². The number of para-hydroxylation sites is 1. The molecule has 3 N–H and O–H groups in total. The minimum Gasteiger partial charge on any atom is -0.507 e. The van der Waals surface area contributed by atoms with Gasteiger partial charge in [-0.05, 0) is 37.3 Å². The highest BCUT2D eigenvalue weighted by Crippen LogP contribution is 2.26. The largest absolute Gasteiger partial charge is 0.507 e. The molecule has 0 aliphatic heterocycles. The standard InChI is InChI=1S/C16H14N4O2S/c1-10-6-7-15(23-10)12-8-13(19-18-12)16(22)20-17-9-11-4-2-3-5-14(11)21/h2-9,21H,1H3,(H,18,19)(H,20,22)/b17-9+. The first-order valence-corrected chi connectivity index (χ1v) is 7.69. The first-order chi connectivity index (χ1) is 11.1. The van der Waals surface area contributed by atoms with E-state index < -0.39 is 5.91 Å². The lowest BCUT2D eigenvalue weighted by Gasteiger charge is -1.97. The number of thiophene rings is 1. The summed E-state index contributed by atoms with van der Waals surface area (Å²) in [6.45, 7) is 2.02. The summed E-state index contributed by atoms with van der Waals surface area (Å²) >= 11 is 1.62. The number of phenols is 1. The second kappa shape index (κ2) is 6.45. The Bertz CT molecular complexity index is 866. The first-order valence-electron chi connectivity index (χ1n) is 6.87. The molecule has 2 heterocycles. The molecule has 116 valence electrons. The van der Waals surface area contributed by atoms with E-state index in [0.29, 0.717) is 5.56 Å². The number of aromatic amines is 1. The van der Waals surface area contributed by atoms with Crippen molar-refractivity contribution < 1.29 is 9.90 Å². The van der Waals surface area contributed by atoms with Crippen LogP contribution in [0.5, 0.6) is 5.75 Å². The molecule has 0 radical (unpaired) electrons. The number of aromatic hydroxyl groups is 1. The molecule has 1 amide bonds. The van der Waals surface area contributed by atoms with Crippen LogP contribution in [0.15, 0.2) is 47.6 Å². The number of amides is 1. The molecule has 23 heavy (non-hydrogen) atoms. The van der Waals surface area contributed by atoms with E-state index in [1.165, 1.54) is 11.1 Å². The molecule has 0 aliphatic rings. The SMILES string of the molecule is Cc1ccc(-c2cc(C(=O)N/N=C/c3ccccc3O)n[nH]2)s1. The number of aromatic nitrogens is 2. The number of nitrogens with zero attached hydrogens (tertiary/aromatic N) is 2. The molecule has 0 saturated heterocycles. The summed E-state index contributed by atoms with van der Waals surface area (Å²) in [4.78, 5) is 14.2. The van der Waals surface area contributed by atoms with Crippen LogP contribution < -0.4 is 5.43 Å². The van der Waals surface area contributed by atoms with Gasteiger partial charge in [-0.25, -0.2) is 5.43 Å². The molecule has 0 saturated carbocycles. The summed E-state index contributed by atoms with van der Waals surface area (Å²) < 4.78 is 0. The third-order valence-corrected chi connectivity index (χ3v) is 4.16. The van der Waals surface area contributed by atoms with E-state index >= 15 is 0 Å². The maximum absolute atomic E-state index is 12.0. The minimum absolute atomic E-state index is 0.0978. The van der Waals surface area contributed by atoms with Crippen LogP contribution in [-0.2, 0) is 0 Å². The second-order valence-corrected chi connectivity index (χ2v) is 6.12. The number of hydrogen-bond acceptors (Lipinski definition) is 5. The summed E-state index contributed by atoms with van der Waals surface area (Å²) in [7, 11) is 0. The number of benzene rings is 1. The monoisotopic (exact) mass is 326 g/mol. The molecule has 6 nitrogen and oxygen atoms in total. The predicted molar refractivity (Wildman–Crippen MR) is 89.8 cm³/mol. The summed E-state index contributed by atoms with van der Waals surface area (Å²) in [5.41, 5.74) is 3.94. The van der Waals surface area contributed by atoms with Crippen LogP contribution in [0.1, 0.15) is 20.9 Å². The summed E-state index contributed by atoms with van der Waals surface area (Å²) in [6, 6.07) is 12.4. The van der Waals surface area contributed by atoms with Crippen LogP contribution in [0.3, 0.4) is 0 Å². The molecule has 1 aromatic carbocycles. The Hall–Kier alpha value is -2.93. The van der Waals surface area contributed by atoms with E-state index in [2.05, 4.69) is 20.7 Å². The van der Waals surface area contributed by atoms with Gasteiger partial charge in [0.2, 0.25) is 0 Å². The van der Waals surface area contributed by atoms with Crippen LogP contribution in [0.2, 0.25) is 0 Å². The molecule has 0 fully saturated rings. The Morgan fingerprint density at radius 2 is 2.17 bits per heavy atom.